The summed E-state index contributed by atoms with van der Waals surface area (Å²) in [5.41, 5.74) is 0. The predicted molar refractivity (Wildman–Crippen MR) is 35.5 cm³/mol. The molecule has 4 heteroatoms. The first kappa shape index (κ1) is 8.62. The first-order valence-electron chi connectivity index (χ1n) is 2.73. The molecule has 0 atom stereocenters. The third kappa shape index (κ3) is 4.14. The molecule has 0 heterocycles. The smallest absolute Gasteiger partial charge is 0.302 e. The van der Waals surface area contributed by atoms with Crippen molar-refractivity contribution in [1.29, 1.82) is 0 Å². The van der Waals surface area contributed by atoms with E-state index in [9.17, 15) is 8.90 Å². The van der Waals surface area contributed by atoms with Gasteiger partial charge in [0.15, 0.2) is 0 Å². The highest BCUT2D eigenvalue weighted by Gasteiger charge is 2.21. The minimum Gasteiger partial charge on any atom is -0.461 e. The first-order valence-corrected chi connectivity index (χ1v) is 3.97. The molecule has 0 spiro atoms. The Balaban J connectivity index is 3.71. The van der Waals surface area contributed by atoms with Gasteiger partial charge in [0.1, 0.15) is 5.22 Å². The average Bonchev–Trinajstić information content (AvgIpc) is 1.63. The van der Waals surface area contributed by atoms with Gasteiger partial charge in [0.25, 0.3) is 9.85 Å². The lowest BCUT2D eigenvalue weighted by molar-refractivity contribution is -0.147. The zero-order valence-electron chi connectivity index (χ0n) is 5.90. The molecule has 0 saturated heterocycles. The van der Waals surface area contributed by atoms with E-state index in [2.05, 4.69) is 4.74 Å². The summed E-state index contributed by atoms with van der Waals surface area (Å²) >= 11 is 0. The van der Waals surface area contributed by atoms with Gasteiger partial charge in [0, 0.05) is 6.92 Å². The van der Waals surface area contributed by atoms with Gasteiger partial charge >= 0.3 is 5.97 Å². The zero-order valence-corrected chi connectivity index (χ0v) is 7.32. The molecule has 0 aliphatic rings. The number of rotatable bonds is 2. The highest BCUT2D eigenvalue weighted by Crippen LogP contribution is 2.06. The summed E-state index contributed by atoms with van der Waals surface area (Å²) in [6, 6.07) is 0. The van der Waals surface area contributed by atoms with E-state index in [1.807, 2.05) is 0 Å². The summed E-state index contributed by atoms with van der Waals surface area (Å²) in [5.74, 6) is -0.412. The fraction of sp³-hybridized carbons (Fsp3) is 0.800. The minimum absolute atomic E-state index is 0.412. The SMILES string of the molecule is CC(=O)OC(C)(C)[SiH2]F. The van der Waals surface area contributed by atoms with Crippen molar-refractivity contribution in [3.63, 3.8) is 0 Å². The van der Waals surface area contributed by atoms with Gasteiger partial charge in [-0.05, 0) is 13.8 Å². The van der Waals surface area contributed by atoms with Gasteiger partial charge < -0.3 is 8.84 Å². The predicted octanol–water partition coefficient (Wildman–Crippen LogP) is 0.339. The molecule has 9 heavy (non-hydrogen) atoms. The molecule has 0 rings (SSSR count). The van der Waals surface area contributed by atoms with Gasteiger partial charge in [0.2, 0.25) is 0 Å². The molecule has 0 aromatic carbocycles. The highest BCUT2D eigenvalue weighted by atomic mass is 28.3. The van der Waals surface area contributed by atoms with Crippen molar-refractivity contribution < 1.29 is 13.6 Å². The normalized spacial score (nSPS) is 12.4. The van der Waals surface area contributed by atoms with Crippen molar-refractivity contribution in [2.45, 2.75) is 26.0 Å². The van der Waals surface area contributed by atoms with Crippen LogP contribution in [0, 0.1) is 0 Å². The summed E-state index contributed by atoms with van der Waals surface area (Å²) in [6.07, 6.45) is 0. The van der Waals surface area contributed by atoms with E-state index < -0.39 is 21.0 Å². The average molecular weight is 150 g/mol. The second-order valence-corrected chi connectivity index (χ2v) is 4.46. The van der Waals surface area contributed by atoms with E-state index >= 15 is 0 Å². The Morgan fingerprint density at radius 3 is 2.22 bits per heavy atom. The molecule has 0 aromatic rings. The maximum Gasteiger partial charge on any atom is 0.302 e. The molecule has 0 amide bonds. The number of halogens is 1. The van der Waals surface area contributed by atoms with Crippen LogP contribution in [0.5, 0.6) is 0 Å². The molecule has 0 fully saturated rings. The zero-order chi connectivity index (χ0) is 7.49. The van der Waals surface area contributed by atoms with E-state index in [0.29, 0.717) is 0 Å². The van der Waals surface area contributed by atoms with Crippen LogP contribution in [-0.4, -0.2) is 21.0 Å². The maximum atomic E-state index is 12.0. The van der Waals surface area contributed by atoms with Crippen molar-refractivity contribution in [1.82, 2.24) is 0 Å². The van der Waals surface area contributed by atoms with Gasteiger partial charge in [-0.3, -0.25) is 4.79 Å². The molecular weight excluding hydrogens is 139 g/mol. The van der Waals surface area contributed by atoms with Crippen LogP contribution >= 0.6 is 0 Å². The molecule has 0 unspecified atom stereocenters. The Morgan fingerprint density at radius 2 is 2.11 bits per heavy atom. The summed E-state index contributed by atoms with van der Waals surface area (Å²) in [7, 11) is -1.74. The van der Waals surface area contributed by atoms with Gasteiger partial charge in [0.05, 0.1) is 0 Å². The lowest BCUT2D eigenvalue weighted by atomic mass is 10.4. The van der Waals surface area contributed by atoms with Gasteiger partial charge in [-0.25, -0.2) is 0 Å². The summed E-state index contributed by atoms with van der Waals surface area (Å²) in [6.45, 7) is 4.45. The first-order chi connectivity index (χ1) is 3.98. The van der Waals surface area contributed by atoms with Crippen LogP contribution in [0.2, 0.25) is 0 Å². The number of esters is 1. The summed E-state index contributed by atoms with van der Waals surface area (Å²) in [4.78, 5) is 10.3. The highest BCUT2D eigenvalue weighted by molar-refractivity contribution is 6.30. The van der Waals surface area contributed by atoms with E-state index in [0.717, 1.165) is 0 Å². The molecular formula is C5H11FO2Si. The molecule has 0 aliphatic heterocycles. The standard InChI is InChI=1S/C5H11FO2Si/c1-4(7)8-5(2,3)9-6/h9H2,1-3H3. The van der Waals surface area contributed by atoms with Gasteiger partial charge in [-0.2, -0.15) is 0 Å². The Labute approximate surface area is 56.4 Å². The van der Waals surface area contributed by atoms with Crippen molar-refractivity contribution >= 4 is 15.8 Å². The molecule has 0 bridgehead atoms. The van der Waals surface area contributed by atoms with Crippen molar-refractivity contribution in [2.75, 3.05) is 0 Å². The molecule has 0 aromatic heterocycles. The lowest BCUT2D eigenvalue weighted by Gasteiger charge is -2.18. The van der Waals surface area contributed by atoms with Crippen LogP contribution in [-0.2, 0) is 9.53 Å². The van der Waals surface area contributed by atoms with E-state index in [4.69, 9.17) is 0 Å². The van der Waals surface area contributed by atoms with Crippen molar-refractivity contribution in [3.8, 4) is 0 Å². The second-order valence-electron chi connectivity index (χ2n) is 2.49. The molecule has 0 N–H and O–H groups in total. The molecule has 0 saturated carbocycles. The van der Waals surface area contributed by atoms with E-state index in [1.165, 1.54) is 6.92 Å². The fourth-order valence-electron chi connectivity index (χ4n) is 0.416. The third-order valence-electron chi connectivity index (χ3n) is 0.742. The number of carbonyl (C=O) groups excluding carboxylic acids is 1. The number of hydrogen-bond donors (Lipinski definition) is 0. The van der Waals surface area contributed by atoms with Gasteiger partial charge in [-0.15, -0.1) is 0 Å². The molecule has 2 nitrogen and oxygen atoms in total. The summed E-state index contributed by atoms with van der Waals surface area (Å²) in [5, 5.41) is -0.814. The van der Waals surface area contributed by atoms with Crippen LogP contribution in [0.1, 0.15) is 20.8 Å². The lowest BCUT2D eigenvalue weighted by Crippen LogP contribution is -2.31. The molecule has 54 valence electrons. The maximum absolute atomic E-state index is 12.0. The van der Waals surface area contributed by atoms with Crippen LogP contribution in [0.15, 0.2) is 0 Å². The Kier molecular flexibility index (Phi) is 2.83. The molecule has 0 aliphatic carbocycles. The second kappa shape index (κ2) is 2.96. The number of hydrogen-bond acceptors (Lipinski definition) is 2. The summed E-state index contributed by atoms with van der Waals surface area (Å²) < 4.78 is 16.6. The number of carbonyl (C=O) groups is 1. The topological polar surface area (TPSA) is 26.3 Å². The van der Waals surface area contributed by atoms with Crippen LogP contribution in [0.3, 0.4) is 0 Å². The fourth-order valence-corrected chi connectivity index (χ4v) is 0.674. The minimum atomic E-state index is -1.74. The quantitative estimate of drug-likeness (QED) is 0.322. The Morgan fingerprint density at radius 1 is 1.67 bits per heavy atom. The van der Waals surface area contributed by atoms with Crippen molar-refractivity contribution in [3.05, 3.63) is 0 Å². The largest absolute Gasteiger partial charge is 0.461 e. The van der Waals surface area contributed by atoms with E-state index in [-0.39, 0.29) is 0 Å². The Hall–Kier alpha value is -0.383. The van der Waals surface area contributed by atoms with Crippen LogP contribution in [0.4, 0.5) is 4.11 Å². The Bertz CT molecular complexity index is 114. The number of ether oxygens (including phenoxy) is 1. The third-order valence-corrected chi connectivity index (χ3v) is 1.53. The van der Waals surface area contributed by atoms with Crippen molar-refractivity contribution in [2.24, 2.45) is 0 Å². The van der Waals surface area contributed by atoms with E-state index in [1.54, 1.807) is 13.8 Å². The van der Waals surface area contributed by atoms with Crippen LogP contribution < -0.4 is 0 Å². The van der Waals surface area contributed by atoms with Gasteiger partial charge in [-0.1, -0.05) is 0 Å². The monoisotopic (exact) mass is 150 g/mol. The molecule has 0 radical (unpaired) electrons. The van der Waals surface area contributed by atoms with Crippen LogP contribution in [0.25, 0.3) is 0 Å².